The van der Waals surface area contributed by atoms with Crippen molar-refractivity contribution in [1.29, 1.82) is 0 Å². The highest BCUT2D eigenvalue weighted by molar-refractivity contribution is 5.81. The summed E-state index contributed by atoms with van der Waals surface area (Å²) in [6.07, 6.45) is 5.70. The molecule has 1 aromatic rings. The van der Waals surface area contributed by atoms with Crippen molar-refractivity contribution in [2.75, 3.05) is 0 Å². The van der Waals surface area contributed by atoms with Crippen molar-refractivity contribution < 1.29 is 9.90 Å². The number of aliphatic carboxylic acids is 1. The van der Waals surface area contributed by atoms with E-state index in [1.54, 1.807) is 0 Å². The molecule has 1 unspecified atom stereocenters. The standard InChI is InChI=1S/C15H18O2/c1-11-5-4-7-12(9-11)14-8-3-2-6-13(14)10-15(16)17/h4-5,7,9-10,14H,2-3,6,8H2,1H3,(H,16,17)/b13-10+. The van der Waals surface area contributed by atoms with Crippen LogP contribution in [0.2, 0.25) is 0 Å². The van der Waals surface area contributed by atoms with Gasteiger partial charge in [0.1, 0.15) is 0 Å². The first-order valence-electron chi connectivity index (χ1n) is 6.17. The number of carboxylic acid groups (broad SMARTS) is 1. The minimum Gasteiger partial charge on any atom is -0.478 e. The summed E-state index contributed by atoms with van der Waals surface area (Å²) in [7, 11) is 0. The summed E-state index contributed by atoms with van der Waals surface area (Å²) in [5.74, 6) is -0.515. The molecule has 90 valence electrons. The number of hydrogen-bond acceptors (Lipinski definition) is 1. The Labute approximate surface area is 102 Å². The van der Waals surface area contributed by atoms with Crippen molar-refractivity contribution in [3.63, 3.8) is 0 Å². The summed E-state index contributed by atoms with van der Waals surface area (Å²) in [6, 6.07) is 8.41. The Morgan fingerprint density at radius 1 is 1.41 bits per heavy atom. The Hall–Kier alpha value is -1.57. The number of carboxylic acids is 1. The van der Waals surface area contributed by atoms with Crippen LogP contribution in [0, 0.1) is 6.92 Å². The van der Waals surface area contributed by atoms with Crippen LogP contribution in [0.3, 0.4) is 0 Å². The fourth-order valence-electron chi connectivity index (χ4n) is 2.64. The maximum atomic E-state index is 10.8. The Morgan fingerprint density at radius 3 is 2.94 bits per heavy atom. The van der Waals surface area contributed by atoms with Crippen molar-refractivity contribution >= 4 is 5.97 Å². The van der Waals surface area contributed by atoms with Crippen molar-refractivity contribution in [3.8, 4) is 0 Å². The van der Waals surface area contributed by atoms with Crippen molar-refractivity contribution in [2.45, 2.75) is 38.5 Å². The predicted molar refractivity (Wildman–Crippen MR) is 68.1 cm³/mol. The van der Waals surface area contributed by atoms with Crippen LogP contribution < -0.4 is 0 Å². The van der Waals surface area contributed by atoms with Gasteiger partial charge in [-0.15, -0.1) is 0 Å². The molecule has 0 amide bonds. The van der Waals surface area contributed by atoms with Crippen LogP contribution in [0.4, 0.5) is 0 Å². The molecule has 1 fully saturated rings. The number of rotatable bonds is 2. The van der Waals surface area contributed by atoms with Gasteiger partial charge in [0, 0.05) is 12.0 Å². The van der Waals surface area contributed by atoms with Crippen molar-refractivity contribution in [1.82, 2.24) is 0 Å². The number of hydrogen-bond donors (Lipinski definition) is 1. The average molecular weight is 230 g/mol. The SMILES string of the molecule is Cc1cccc(C2CCCC/C2=C\C(=O)O)c1. The van der Waals surface area contributed by atoms with E-state index in [2.05, 4.69) is 31.2 Å². The molecule has 0 saturated heterocycles. The van der Waals surface area contributed by atoms with E-state index in [4.69, 9.17) is 5.11 Å². The van der Waals surface area contributed by atoms with Crippen LogP contribution in [-0.2, 0) is 4.79 Å². The molecule has 2 nitrogen and oxygen atoms in total. The Kier molecular flexibility index (Phi) is 3.62. The van der Waals surface area contributed by atoms with Crippen LogP contribution in [-0.4, -0.2) is 11.1 Å². The second-order valence-corrected chi connectivity index (χ2v) is 4.77. The molecular formula is C15H18O2. The molecule has 1 aromatic carbocycles. The van der Waals surface area contributed by atoms with E-state index >= 15 is 0 Å². The maximum absolute atomic E-state index is 10.8. The Balaban J connectivity index is 2.31. The van der Waals surface area contributed by atoms with Crippen LogP contribution in [0.1, 0.15) is 42.7 Å². The highest BCUT2D eigenvalue weighted by atomic mass is 16.4. The van der Waals surface area contributed by atoms with Gasteiger partial charge in [0.05, 0.1) is 0 Å². The Morgan fingerprint density at radius 2 is 2.24 bits per heavy atom. The first kappa shape index (κ1) is 11.9. The second-order valence-electron chi connectivity index (χ2n) is 4.77. The molecule has 0 heterocycles. The number of aryl methyl sites for hydroxylation is 1. The van der Waals surface area contributed by atoms with Gasteiger partial charge in [0.2, 0.25) is 0 Å². The average Bonchev–Trinajstić information content (AvgIpc) is 2.29. The molecule has 0 radical (unpaired) electrons. The molecule has 2 heteroatoms. The zero-order valence-electron chi connectivity index (χ0n) is 10.1. The summed E-state index contributed by atoms with van der Waals surface area (Å²) in [6.45, 7) is 2.08. The van der Waals surface area contributed by atoms with Crippen LogP contribution in [0.15, 0.2) is 35.9 Å². The zero-order chi connectivity index (χ0) is 12.3. The second kappa shape index (κ2) is 5.17. The Bertz CT molecular complexity index is 446. The molecule has 0 aromatic heterocycles. The van der Waals surface area contributed by atoms with Gasteiger partial charge in [-0.25, -0.2) is 4.79 Å². The van der Waals surface area contributed by atoms with Crippen LogP contribution in [0.5, 0.6) is 0 Å². The largest absolute Gasteiger partial charge is 0.478 e. The van der Waals surface area contributed by atoms with Gasteiger partial charge in [-0.3, -0.25) is 0 Å². The van der Waals surface area contributed by atoms with E-state index in [0.29, 0.717) is 5.92 Å². The fourth-order valence-corrected chi connectivity index (χ4v) is 2.64. The molecule has 17 heavy (non-hydrogen) atoms. The maximum Gasteiger partial charge on any atom is 0.328 e. The van der Waals surface area contributed by atoms with Gasteiger partial charge in [-0.1, -0.05) is 41.8 Å². The topological polar surface area (TPSA) is 37.3 Å². The molecule has 0 spiro atoms. The van der Waals surface area contributed by atoms with E-state index in [0.717, 1.165) is 24.8 Å². The molecule has 1 saturated carbocycles. The zero-order valence-corrected chi connectivity index (χ0v) is 10.1. The summed E-state index contributed by atoms with van der Waals surface area (Å²) < 4.78 is 0. The molecule has 0 bridgehead atoms. The molecule has 0 aliphatic heterocycles. The monoisotopic (exact) mass is 230 g/mol. The number of carbonyl (C=O) groups is 1. The van der Waals surface area contributed by atoms with Gasteiger partial charge >= 0.3 is 5.97 Å². The van der Waals surface area contributed by atoms with Crippen molar-refractivity contribution in [3.05, 3.63) is 47.0 Å². The third kappa shape index (κ3) is 2.96. The van der Waals surface area contributed by atoms with Crippen LogP contribution >= 0.6 is 0 Å². The lowest BCUT2D eigenvalue weighted by Crippen LogP contribution is -2.10. The summed E-state index contributed by atoms with van der Waals surface area (Å²) >= 11 is 0. The van der Waals surface area contributed by atoms with Gasteiger partial charge in [0.25, 0.3) is 0 Å². The quantitative estimate of drug-likeness (QED) is 0.787. The summed E-state index contributed by atoms with van der Waals surface area (Å²) in [4.78, 5) is 10.8. The predicted octanol–water partition coefficient (Wildman–Crippen LogP) is 3.66. The molecule has 2 rings (SSSR count). The van der Waals surface area contributed by atoms with Gasteiger partial charge < -0.3 is 5.11 Å². The minimum absolute atomic E-state index is 0.305. The smallest absolute Gasteiger partial charge is 0.328 e. The van der Waals surface area contributed by atoms with E-state index in [1.165, 1.54) is 23.6 Å². The normalized spacial score (nSPS) is 22.6. The molecule has 1 atom stereocenters. The van der Waals surface area contributed by atoms with E-state index < -0.39 is 5.97 Å². The fraction of sp³-hybridized carbons (Fsp3) is 0.400. The van der Waals surface area contributed by atoms with Gasteiger partial charge in [-0.05, 0) is 31.7 Å². The molecule has 1 aliphatic rings. The minimum atomic E-state index is -0.820. The highest BCUT2D eigenvalue weighted by Crippen LogP contribution is 2.37. The van der Waals surface area contributed by atoms with Gasteiger partial charge in [0.15, 0.2) is 0 Å². The molecule has 1 N–H and O–H groups in total. The van der Waals surface area contributed by atoms with Crippen LogP contribution in [0.25, 0.3) is 0 Å². The third-order valence-corrected chi connectivity index (χ3v) is 3.41. The third-order valence-electron chi connectivity index (χ3n) is 3.41. The summed E-state index contributed by atoms with van der Waals surface area (Å²) in [5, 5.41) is 8.91. The van der Waals surface area contributed by atoms with E-state index in [1.807, 2.05) is 0 Å². The lowest BCUT2D eigenvalue weighted by molar-refractivity contribution is -0.131. The first-order valence-corrected chi connectivity index (χ1v) is 6.17. The van der Waals surface area contributed by atoms with Crippen molar-refractivity contribution in [2.24, 2.45) is 0 Å². The molecular weight excluding hydrogens is 212 g/mol. The lowest BCUT2D eigenvalue weighted by Gasteiger charge is -2.25. The van der Waals surface area contributed by atoms with E-state index in [9.17, 15) is 4.79 Å². The number of allylic oxidation sites excluding steroid dienone is 1. The van der Waals surface area contributed by atoms with Gasteiger partial charge in [-0.2, -0.15) is 0 Å². The summed E-state index contributed by atoms with van der Waals surface area (Å²) in [5.41, 5.74) is 3.58. The number of benzene rings is 1. The lowest BCUT2D eigenvalue weighted by atomic mass is 9.79. The van der Waals surface area contributed by atoms with E-state index in [-0.39, 0.29) is 0 Å². The highest BCUT2D eigenvalue weighted by Gasteiger charge is 2.21. The first-order chi connectivity index (χ1) is 8.16. The molecule has 1 aliphatic carbocycles.